The number of hydrogen-bond donors (Lipinski definition) is 0. The Morgan fingerprint density at radius 2 is 0.774 bits per heavy atom. The molecule has 0 aromatic heterocycles. The number of aryl methyl sites for hydroxylation is 1. The van der Waals surface area contributed by atoms with Crippen molar-refractivity contribution in [3.8, 4) is 34.5 Å². The third-order valence-corrected chi connectivity index (χ3v) is 22.3. The van der Waals surface area contributed by atoms with Gasteiger partial charge in [0.2, 0.25) is 5.79 Å². The molecule has 0 radical (unpaired) electrons. The van der Waals surface area contributed by atoms with E-state index in [2.05, 4.69) is 210 Å². The summed E-state index contributed by atoms with van der Waals surface area (Å²) >= 11 is 0. The molecular weight excluding hydrogens is 1430 g/mol. The lowest BCUT2D eigenvalue weighted by Crippen LogP contribution is -2.33. The van der Waals surface area contributed by atoms with E-state index in [0.717, 1.165) is 123 Å². The lowest BCUT2D eigenvalue weighted by molar-refractivity contribution is -0.158. The molecule has 1 saturated heterocycles. The molecule has 0 spiro atoms. The first kappa shape index (κ1) is 93.7. The minimum atomic E-state index is -0.563. The zero-order valence-corrected chi connectivity index (χ0v) is 73.1. The van der Waals surface area contributed by atoms with E-state index in [4.69, 9.17) is 52.1 Å². The van der Waals surface area contributed by atoms with E-state index < -0.39 is 5.79 Å². The van der Waals surface area contributed by atoms with Crippen LogP contribution in [0.5, 0.6) is 34.5 Å². The van der Waals surface area contributed by atoms with Crippen molar-refractivity contribution in [2.75, 3.05) is 26.9 Å². The number of hydrogen-bond acceptors (Lipinski definition) is 11. The predicted octanol–water partition coefficient (Wildman–Crippen LogP) is 27.8. The molecule has 0 N–H and O–H groups in total. The number of ether oxygens (including phenoxy) is 11. The van der Waals surface area contributed by atoms with Gasteiger partial charge in [0, 0.05) is 20.3 Å². The fourth-order valence-corrected chi connectivity index (χ4v) is 13.7. The number of benzene rings is 9. The third-order valence-electron chi connectivity index (χ3n) is 22.3. The molecule has 2 fully saturated rings. The summed E-state index contributed by atoms with van der Waals surface area (Å²) in [6.45, 7) is 36.9. The lowest BCUT2D eigenvalue weighted by atomic mass is 9.87. The maximum Gasteiger partial charge on any atom is 0.204 e. The molecule has 1 heterocycles. The van der Waals surface area contributed by atoms with Crippen LogP contribution in [0.2, 0.25) is 0 Å². The highest BCUT2D eigenvalue weighted by molar-refractivity contribution is 5.38. The van der Waals surface area contributed by atoms with E-state index in [1.165, 1.54) is 88.6 Å². The van der Waals surface area contributed by atoms with Crippen molar-refractivity contribution >= 4 is 0 Å². The summed E-state index contributed by atoms with van der Waals surface area (Å²) in [6, 6.07) is 79.1. The molecule has 11 rings (SSSR count). The standard InChI is InChI=1S/C23H30O2.C21H28O3.C21H34O2.C20H26O2.C19H24O2/c1-4-17(2)20-13-14-22(18(3)15-20)25-23-12-8-11-21(24-23)16-19-9-6-5-7-10-19;1-5-16(2)19-8-12-21(13-9-19)24-17(3)23-15-14-18-6-10-20(22-4)11-7-18;1-5-17(2)19-11-13-20(14-12-19)23-21(3,4)22-16-15-18-9-7-6-8-10-18;1-4-16(2)19-10-12-20(13-11-19)22-17(3)21-15-14-18-8-6-5-7-9-18;1-4-15(2)18-10-12-19(13-11-18)21-16(3)20-14-17-8-6-5-7-9-17/h5-7,9-10,13-15,17,21,23H,4,8,11-12,16H2,1-3H3;6-13,16-17H,5,14-15H2,1-4H3;11-14,17-18H,5-10,15-16H2,1-4H3;5-13,16-17H,4,14-15H2,1-3H3;5-13,15-16H,4,14H2,1-3H3. The Morgan fingerprint density at radius 3 is 1.21 bits per heavy atom. The topological polar surface area (TPSA) is 102 Å². The Bertz CT molecular complexity index is 3960. The molecular formula is C104H142O11. The second-order valence-electron chi connectivity index (χ2n) is 31.8. The smallest absolute Gasteiger partial charge is 0.204 e. The van der Waals surface area contributed by atoms with Gasteiger partial charge in [-0.2, -0.15) is 0 Å². The van der Waals surface area contributed by atoms with Crippen LogP contribution in [0, 0.1) is 12.8 Å². The molecule has 11 heteroatoms. The summed E-state index contributed by atoms with van der Waals surface area (Å²) in [7, 11) is 1.67. The van der Waals surface area contributed by atoms with Gasteiger partial charge in [-0.3, -0.25) is 0 Å². The van der Waals surface area contributed by atoms with E-state index in [1.54, 1.807) is 7.11 Å². The van der Waals surface area contributed by atoms with Gasteiger partial charge in [-0.15, -0.1) is 0 Å². The highest BCUT2D eigenvalue weighted by atomic mass is 16.7. The summed E-state index contributed by atoms with van der Waals surface area (Å²) in [5, 5.41) is 0. The van der Waals surface area contributed by atoms with Crippen LogP contribution in [-0.2, 0) is 49.6 Å². The van der Waals surface area contributed by atoms with E-state index in [9.17, 15) is 0 Å². The minimum Gasteiger partial charge on any atom is -0.497 e. The Labute approximate surface area is 694 Å². The van der Waals surface area contributed by atoms with Crippen molar-refractivity contribution in [3.63, 3.8) is 0 Å². The van der Waals surface area contributed by atoms with Gasteiger partial charge < -0.3 is 52.1 Å². The third kappa shape index (κ3) is 35.9. The van der Waals surface area contributed by atoms with Crippen LogP contribution < -0.4 is 28.4 Å². The minimum absolute atomic E-state index is 0.129. The van der Waals surface area contributed by atoms with Crippen LogP contribution in [0.4, 0.5) is 0 Å². The van der Waals surface area contributed by atoms with Crippen molar-refractivity contribution in [2.24, 2.45) is 5.92 Å². The number of methoxy groups -OCH3 is 1. The van der Waals surface area contributed by atoms with E-state index in [0.29, 0.717) is 49.4 Å². The Morgan fingerprint density at radius 1 is 0.383 bits per heavy atom. The second kappa shape index (κ2) is 52.3. The van der Waals surface area contributed by atoms with Crippen molar-refractivity contribution < 1.29 is 52.1 Å². The molecule has 2 aliphatic rings. The summed E-state index contributed by atoms with van der Waals surface area (Å²) in [6.07, 6.45) is 19.2. The molecule has 11 nitrogen and oxygen atoms in total. The first-order chi connectivity index (χ1) is 55.6. The van der Waals surface area contributed by atoms with Crippen LogP contribution in [0.1, 0.15) is 279 Å². The Hall–Kier alpha value is -8.42. The average Bonchev–Trinajstić information content (AvgIpc) is 0.831. The molecule has 9 aromatic rings. The molecule has 10 unspecified atom stereocenters. The maximum absolute atomic E-state index is 6.23. The normalized spacial score (nSPS) is 16.2. The molecule has 10 atom stereocenters. The fourth-order valence-electron chi connectivity index (χ4n) is 13.7. The van der Waals surface area contributed by atoms with Gasteiger partial charge in [0.1, 0.15) is 34.5 Å². The van der Waals surface area contributed by atoms with Gasteiger partial charge in [-0.25, -0.2) is 0 Å². The molecule has 624 valence electrons. The summed E-state index contributed by atoms with van der Waals surface area (Å²) in [5.74, 6) is 8.52. The van der Waals surface area contributed by atoms with Crippen LogP contribution in [0.3, 0.4) is 0 Å². The zero-order chi connectivity index (χ0) is 82.6. The Balaban J connectivity index is 0.000000199. The quantitative estimate of drug-likeness (QED) is 0.0346. The largest absolute Gasteiger partial charge is 0.497 e. The van der Waals surface area contributed by atoms with Crippen molar-refractivity contribution in [2.45, 2.75) is 293 Å². The van der Waals surface area contributed by atoms with Gasteiger partial charge in [-0.1, -0.05) is 265 Å². The van der Waals surface area contributed by atoms with Crippen LogP contribution in [0.15, 0.2) is 231 Å². The predicted molar refractivity (Wildman–Crippen MR) is 476 cm³/mol. The van der Waals surface area contributed by atoms with E-state index in [-0.39, 0.29) is 31.3 Å². The van der Waals surface area contributed by atoms with Crippen molar-refractivity contribution in [1.29, 1.82) is 0 Å². The molecule has 1 aliphatic carbocycles. The number of rotatable bonds is 38. The van der Waals surface area contributed by atoms with E-state index >= 15 is 0 Å². The fraction of sp³-hybridized carbons (Fsp3) is 0.481. The average molecular weight is 1570 g/mol. The van der Waals surface area contributed by atoms with Crippen LogP contribution in [-0.4, -0.2) is 64.0 Å². The molecule has 1 saturated carbocycles. The molecule has 115 heavy (non-hydrogen) atoms. The van der Waals surface area contributed by atoms with Gasteiger partial charge in [0.05, 0.1) is 39.6 Å². The summed E-state index contributed by atoms with van der Waals surface area (Å²) < 4.78 is 64.2. The highest BCUT2D eigenvalue weighted by Gasteiger charge is 2.26. The second-order valence-corrected chi connectivity index (χ2v) is 31.8. The van der Waals surface area contributed by atoms with Crippen LogP contribution >= 0.6 is 0 Å². The Kier molecular flexibility index (Phi) is 42.6. The molecule has 9 aromatic carbocycles. The van der Waals surface area contributed by atoms with Gasteiger partial charge in [-0.05, 0) is 256 Å². The first-order valence-electron chi connectivity index (χ1n) is 43.4. The molecule has 0 bridgehead atoms. The van der Waals surface area contributed by atoms with Crippen LogP contribution in [0.25, 0.3) is 0 Å². The highest BCUT2D eigenvalue weighted by Crippen LogP contribution is 2.33. The van der Waals surface area contributed by atoms with Crippen molar-refractivity contribution in [1.82, 2.24) is 0 Å². The maximum atomic E-state index is 6.23. The monoisotopic (exact) mass is 1570 g/mol. The van der Waals surface area contributed by atoms with E-state index in [1.807, 2.05) is 132 Å². The summed E-state index contributed by atoms with van der Waals surface area (Å²) in [4.78, 5) is 0. The molecule has 0 amide bonds. The van der Waals surface area contributed by atoms with Gasteiger partial charge in [0.15, 0.2) is 25.2 Å². The van der Waals surface area contributed by atoms with Gasteiger partial charge in [0.25, 0.3) is 0 Å². The lowest BCUT2D eigenvalue weighted by Gasteiger charge is -2.31. The van der Waals surface area contributed by atoms with Gasteiger partial charge >= 0.3 is 0 Å². The SMILES string of the molecule is CCC(C)c1ccc(OC(C)(C)OCCC2CCCCC2)cc1.CCC(C)c1ccc(OC(C)OCCc2ccc(OC)cc2)cc1.CCC(C)c1ccc(OC(C)OCCc2ccccc2)cc1.CCC(C)c1ccc(OC(C)OCc2ccccc2)cc1.CCC(C)c1ccc(OC2CCCC(Cc3ccccc3)O2)c(C)c1. The van der Waals surface area contributed by atoms with Crippen molar-refractivity contribution in [3.05, 3.63) is 286 Å². The zero-order valence-electron chi connectivity index (χ0n) is 73.1. The first-order valence-corrected chi connectivity index (χ1v) is 43.4. The molecule has 1 aliphatic heterocycles. The summed E-state index contributed by atoms with van der Waals surface area (Å²) in [5.41, 5.74) is 13.0.